The van der Waals surface area contributed by atoms with E-state index >= 15 is 0 Å². The van der Waals surface area contributed by atoms with Crippen molar-refractivity contribution < 1.29 is 9.18 Å². The Kier molecular flexibility index (Phi) is 6.03. The van der Waals surface area contributed by atoms with Crippen LogP contribution in [0.2, 0.25) is 0 Å². The van der Waals surface area contributed by atoms with E-state index in [0.717, 1.165) is 28.7 Å². The predicted octanol–water partition coefficient (Wildman–Crippen LogP) is 4.27. The molecule has 152 valence electrons. The molecule has 0 aliphatic carbocycles. The first kappa shape index (κ1) is 19.6. The minimum atomic E-state index is -0.264. The Morgan fingerprint density at radius 3 is 2.47 bits per heavy atom. The smallest absolute Gasteiger partial charge is 0.315 e. The van der Waals surface area contributed by atoms with Gasteiger partial charge in [-0.3, -0.25) is 0 Å². The van der Waals surface area contributed by atoms with Gasteiger partial charge >= 0.3 is 6.03 Å². The maximum Gasteiger partial charge on any atom is 0.315 e. The molecule has 0 fully saturated rings. The largest absolute Gasteiger partial charge is 0.338 e. The number of urea groups is 1. The highest BCUT2D eigenvalue weighted by atomic mass is 19.1. The molecule has 0 atom stereocenters. The van der Waals surface area contributed by atoms with Gasteiger partial charge in [-0.1, -0.05) is 54.6 Å². The van der Waals surface area contributed by atoms with Gasteiger partial charge in [0.2, 0.25) is 0 Å². The van der Waals surface area contributed by atoms with Crippen LogP contribution in [0, 0.1) is 5.82 Å². The van der Waals surface area contributed by atoms with Crippen LogP contribution in [0.1, 0.15) is 16.7 Å². The van der Waals surface area contributed by atoms with Crippen molar-refractivity contribution in [2.24, 2.45) is 0 Å². The zero-order chi connectivity index (χ0) is 20.8. The Morgan fingerprint density at radius 2 is 1.63 bits per heavy atom. The average molecular weight is 402 g/mol. The van der Waals surface area contributed by atoms with E-state index in [9.17, 15) is 9.18 Å². The molecule has 4 rings (SSSR count). The van der Waals surface area contributed by atoms with Gasteiger partial charge in [-0.05, 0) is 41.3 Å². The van der Waals surface area contributed by atoms with Crippen LogP contribution in [0.3, 0.4) is 0 Å². The third kappa shape index (κ3) is 4.84. The number of rotatable bonds is 7. The first-order valence-corrected chi connectivity index (χ1v) is 9.92. The van der Waals surface area contributed by atoms with Gasteiger partial charge in [0.25, 0.3) is 0 Å². The standard InChI is InChI=1S/C24H23FN4O/c25-21-6-2-1-5-20(21)13-14-26-24(30)27-15-18-9-11-19(12-10-18)16-29-17-28-22-7-3-4-8-23(22)29/h1-12,17H,13-16H2,(H2,26,27,30). The van der Waals surface area contributed by atoms with Gasteiger partial charge in [-0.2, -0.15) is 0 Å². The monoisotopic (exact) mass is 402 g/mol. The number of imidazole rings is 1. The second kappa shape index (κ2) is 9.22. The first-order chi connectivity index (χ1) is 14.7. The number of benzene rings is 3. The van der Waals surface area contributed by atoms with Crippen molar-refractivity contribution in [3.8, 4) is 0 Å². The van der Waals surface area contributed by atoms with Crippen LogP contribution < -0.4 is 10.6 Å². The van der Waals surface area contributed by atoms with Gasteiger partial charge in [0, 0.05) is 19.6 Å². The normalized spacial score (nSPS) is 10.8. The molecule has 0 radical (unpaired) electrons. The molecule has 2 N–H and O–H groups in total. The maximum absolute atomic E-state index is 13.6. The zero-order valence-corrected chi connectivity index (χ0v) is 16.5. The molecule has 0 aliphatic rings. The van der Waals surface area contributed by atoms with Gasteiger partial charge in [0.15, 0.2) is 0 Å². The molecule has 1 aromatic heterocycles. The molecule has 1 heterocycles. The summed E-state index contributed by atoms with van der Waals surface area (Å²) in [5, 5.41) is 5.59. The second-order valence-corrected chi connectivity index (χ2v) is 7.13. The number of carbonyl (C=O) groups is 1. The van der Waals surface area contributed by atoms with Gasteiger partial charge in [-0.25, -0.2) is 14.2 Å². The van der Waals surface area contributed by atoms with E-state index in [1.165, 1.54) is 6.07 Å². The number of hydrogen-bond donors (Lipinski definition) is 2. The van der Waals surface area contributed by atoms with Gasteiger partial charge in [0.1, 0.15) is 5.82 Å². The van der Waals surface area contributed by atoms with E-state index in [2.05, 4.69) is 38.4 Å². The van der Waals surface area contributed by atoms with E-state index in [0.29, 0.717) is 25.1 Å². The van der Waals surface area contributed by atoms with Gasteiger partial charge < -0.3 is 15.2 Å². The van der Waals surface area contributed by atoms with Gasteiger partial charge in [0.05, 0.1) is 17.4 Å². The summed E-state index contributed by atoms with van der Waals surface area (Å²) in [5.74, 6) is -0.247. The summed E-state index contributed by atoms with van der Waals surface area (Å²) >= 11 is 0. The summed E-state index contributed by atoms with van der Waals surface area (Å²) in [7, 11) is 0. The van der Waals surface area contributed by atoms with E-state index in [4.69, 9.17) is 0 Å². The van der Waals surface area contributed by atoms with Crippen molar-refractivity contribution in [2.75, 3.05) is 6.54 Å². The lowest BCUT2D eigenvalue weighted by molar-refractivity contribution is 0.240. The fourth-order valence-electron chi connectivity index (χ4n) is 3.35. The van der Waals surface area contributed by atoms with Crippen molar-refractivity contribution in [3.63, 3.8) is 0 Å². The minimum absolute atomic E-state index is 0.247. The molecule has 0 bridgehead atoms. The van der Waals surface area contributed by atoms with Crippen molar-refractivity contribution in [1.29, 1.82) is 0 Å². The van der Waals surface area contributed by atoms with Crippen LogP contribution >= 0.6 is 0 Å². The molecule has 5 nitrogen and oxygen atoms in total. The molecule has 0 saturated carbocycles. The highest BCUT2D eigenvalue weighted by Gasteiger charge is 2.05. The zero-order valence-electron chi connectivity index (χ0n) is 16.5. The van der Waals surface area contributed by atoms with Crippen molar-refractivity contribution in [3.05, 3.63) is 102 Å². The maximum atomic E-state index is 13.6. The number of nitrogens with one attached hydrogen (secondary N) is 2. The van der Waals surface area contributed by atoms with Crippen molar-refractivity contribution in [2.45, 2.75) is 19.5 Å². The van der Waals surface area contributed by atoms with E-state index in [1.807, 2.05) is 36.7 Å². The number of halogens is 1. The molecule has 2 amide bonds. The Labute approximate surface area is 174 Å². The predicted molar refractivity (Wildman–Crippen MR) is 116 cm³/mol. The average Bonchev–Trinajstić information content (AvgIpc) is 3.17. The summed E-state index contributed by atoms with van der Waals surface area (Å²) in [6.45, 7) is 1.55. The SMILES string of the molecule is O=C(NCCc1ccccc1F)NCc1ccc(Cn2cnc3ccccc32)cc1. The first-order valence-electron chi connectivity index (χ1n) is 9.92. The van der Waals surface area contributed by atoms with Crippen LogP contribution in [0.5, 0.6) is 0 Å². The molecule has 0 saturated heterocycles. The number of carbonyl (C=O) groups excluding carboxylic acids is 1. The molecular formula is C24H23FN4O. The molecule has 4 aromatic rings. The third-order valence-electron chi connectivity index (χ3n) is 4.99. The fourth-order valence-corrected chi connectivity index (χ4v) is 3.35. The van der Waals surface area contributed by atoms with Crippen LogP contribution in [0.25, 0.3) is 11.0 Å². The lowest BCUT2D eigenvalue weighted by atomic mass is 10.1. The quantitative estimate of drug-likeness (QED) is 0.485. The van der Waals surface area contributed by atoms with Crippen LogP contribution in [-0.2, 0) is 19.5 Å². The fraction of sp³-hybridized carbons (Fsp3) is 0.167. The Balaban J connectivity index is 1.24. The molecule has 30 heavy (non-hydrogen) atoms. The van der Waals surface area contributed by atoms with E-state index < -0.39 is 0 Å². The molecule has 0 aliphatic heterocycles. The Bertz CT molecular complexity index is 1140. The molecule has 0 spiro atoms. The van der Waals surface area contributed by atoms with Crippen molar-refractivity contribution >= 4 is 17.1 Å². The second-order valence-electron chi connectivity index (χ2n) is 7.13. The highest BCUT2D eigenvalue weighted by Crippen LogP contribution is 2.14. The topological polar surface area (TPSA) is 59.0 Å². The van der Waals surface area contributed by atoms with Crippen LogP contribution in [-0.4, -0.2) is 22.1 Å². The highest BCUT2D eigenvalue weighted by molar-refractivity contribution is 5.75. The van der Waals surface area contributed by atoms with Crippen LogP contribution in [0.4, 0.5) is 9.18 Å². The molecule has 0 unspecified atom stereocenters. The summed E-state index contributed by atoms with van der Waals surface area (Å²) in [6, 6.07) is 22.5. The number of amides is 2. The summed E-state index contributed by atoms with van der Waals surface area (Å²) in [4.78, 5) is 16.4. The molecule has 6 heteroatoms. The lowest BCUT2D eigenvalue weighted by Crippen LogP contribution is -2.36. The van der Waals surface area contributed by atoms with Gasteiger partial charge in [-0.15, -0.1) is 0 Å². The lowest BCUT2D eigenvalue weighted by Gasteiger charge is -2.09. The third-order valence-corrected chi connectivity index (χ3v) is 4.99. The summed E-state index contributed by atoms with van der Waals surface area (Å²) < 4.78 is 15.7. The summed E-state index contributed by atoms with van der Waals surface area (Å²) in [5.41, 5.74) is 4.86. The number of para-hydroxylation sites is 2. The number of fused-ring (bicyclic) bond motifs is 1. The van der Waals surface area contributed by atoms with Crippen LogP contribution in [0.15, 0.2) is 79.1 Å². The molecular weight excluding hydrogens is 379 g/mol. The van der Waals surface area contributed by atoms with E-state index in [1.54, 1.807) is 18.2 Å². The summed E-state index contributed by atoms with van der Waals surface area (Å²) in [6.07, 6.45) is 2.31. The Hall–Kier alpha value is -3.67. The number of nitrogens with zero attached hydrogens (tertiary/aromatic N) is 2. The molecule has 3 aromatic carbocycles. The van der Waals surface area contributed by atoms with E-state index in [-0.39, 0.29) is 11.8 Å². The van der Waals surface area contributed by atoms with Crippen molar-refractivity contribution in [1.82, 2.24) is 20.2 Å². The number of hydrogen-bond acceptors (Lipinski definition) is 2. The Morgan fingerprint density at radius 1 is 0.900 bits per heavy atom. The minimum Gasteiger partial charge on any atom is -0.338 e. The number of aromatic nitrogens is 2.